The van der Waals surface area contributed by atoms with Gasteiger partial charge < -0.3 is 15.3 Å². The van der Waals surface area contributed by atoms with Crippen LogP contribution in [0.15, 0.2) is 54.9 Å². The van der Waals surface area contributed by atoms with E-state index in [4.69, 9.17) is 0 Å². The van der Waals surface area contributed by atoms with E-state index >= 15 is 0 Å². The fourth-order valence-electron chi connectivity index (χ4n) is 3.58. The first kappa shape index (κ1) is 21.0. The smallest absolute Gasteiger partial charge is 0.224 e. The number of nitrogens with one attached hydrogen (secondary N) is 1. The average Bonchev–Trinajstić information content (AvgIpc) is 3.16. The summed E-state index contributed by atoms with van der Waals surface area (Å²) in [6.45, 7) is 2.10. The van der Waals surface area contributed by atoms with E-state index in [1.807, 2.05) is 30.3 Å². The first-order valence-electron chi connectivity index (χ1n) is 9.94. The Morgan fingerprint density at radius 2 is 2.03 bits per heavy atom. The van der Waals surface area contributed by atoms with Crippen LogP contribution in [0.1, 0.15) is 30.9 Å². The van der Waals surface area contributed by atoms with Gasteiger partial charge in [-0.05, 0) is 24.1 Å². The number of nitrogens with zero attached hydrogens (tertiary/aromatic N) is 3. The summed E-state index contributed by atoms with van der Waals surface area (Å²) in [4.78, 5) is 32.8. The van der Waals surface area contributed by atoms with Gasteiger partial charge in [0.2, 0.25) is 11.8 Å². The van der Waals surface area contributed by atoms with Crippen LogP contribution in [0.3, 0.4) is 0 Å². The van der Waals surface area contributed by atoms with Crippen LogP contribution in [-0.2, 0) is 9.59 Å². The van der Waals surface area contributed by atoms with Crippen LogP contribution in [0, 0.1) is 0 Å². The number of hydrogen-bond acceptors (Lipinski definition) is 5. The molecule has 1 unspecified atom stereocenters. The molecule has 1 saturated heterocycles. The van der Waals surface area contributed by atoms with Crippen LogP contribution < -0.4 is 5.32 Å². The van der Waals surface area contributed by atoms with Gasteiger partial charge in [-0.2, -0.15) is 0 Å². The summed E-state index contributed by atoms with van der Waals surface area (Å²) in [6, 6.07) is 13.3. The quantitative estimate of drug-likeness (QED) is 0.713. The zero-order valence-electron chi connectivity index (χ0n) is 16.7. The molecule has 2 amide bonds. The lowest BCUT2D eigenvalue weighted by Crippen LogP contribution is -2.39. The largest absolute Gasteiger partial charge is 0.392 e. The lowest BCUT2D eigenvalue weighted by Gasteiger charge is -2.32. The number of carbonyl (C=O) groups is 2. The third-order valence-electron chi connectivity index (χ3n) is 5.24. The third kappa shape index (κ3) is 6.10. The molecule has 2 heterocycles. The fraction of sp³-hybridized carbons (Fsp3) is 0.409. The molecule has 7 heteroatoms. The molecule has 1 aliphatic heterocycles. The SMILES string of the molecule is CN(C(=O)CCC(=O)Nc1cccnc1)[C@H](CN1CCC(O)C1)c1ccccc1. The van der Waals surface area contributed by atoms with Gasteiger partial charge in [0, 0.05) is 45.7 Å². The first-order chi connectivity index (χ1) is 14.0. The average molecular weight is 396 g/mol. The summed E-state index contributed by atoms with van der Waals surface area (Å²) in [5.41, 5.74) is 1.66. The van der Waals surface area contributed by atoms with Crippen molar-refractivity contribution in [2.24, 2.45) is 0 Å². The van der Waals surface area contributed by atoms with Gasteiger partial charge in [-0.15, -0.1) is 0 Å². The highest BCUT2D eigenvalue weighted by molar-refractivity contribution is 5.93. The van der Waals surface area contributed by atoms with Crippen molar-refractivity contribution in [3.05, 3.63) is 60.4 Å². The van der Waals surface area contributed by atoms with Gasteiger partial charge in [-0.25, -0.2) is 0 Å². The van der Waals surface area contributed by atoms with E-state index in [0.717, 1.165) is 18.5 Å². The minimum atomic E-state index is -0.302. The molecular formula is C22H28N4O3. The number of aromatic nitrogens is 1. The molecule has 1 fully saturated rings. The summed E-state index contributed by atoms with van der Waals surface area (Å²) in [5.74, 6) is -0.293. The number of hydrogen-bond donors (Lipinski definition) is 2. The number of anilines is 1. The zero-order chi connectivity index (χ0) is 20.6. The standard InChI is InChI=1S/C22H28N4O3/c1-25(22(29)10-9-21(28)24-18-8-5-12-23-14-18)20(17-6-3-2-4-7-17)16-26-13-11-19(27)15-26/h2-8,12,14,19-20,27H,9-11,13,15-16H2,1H3,(H,24,28)/t19?,20-/m1/s1. The molecular weight excluding hydrogens is 368 g/mol. The van der Waals surface area contributed by atoms with Gasteiger partial charge in [-0.3, -0.25) is 19.5 Å². The predicted molar refractivity (Wildman–Crippen MR) is 111 cm³/mol. The molecule has 29 heavy (non-hydrogen) atoms. The Morgan fingerprint density at radius 3 is 2.69 bits per heavy atom. The van der Waals surface area contributed by atoms with E-state index in [9.17, 15) is 14.7 Å². The van der Waals surface area contributed by atoms with Gasteiger partial charge >= 0.3 is 0 Å². The maximum atomic E-state index is 12.8. The lowest BCUT2D eigenvalue weighted by atomic mass is 10.0. The van der Waals surface area contributed by atoms with E-state index < -0.39 is 0 Å². The molecule has 0 bridgehead atoms. The monoisotopic (exact) mass is 396 g/mol. The molecule has 0 spiro atoms. The van der Waals surface area contributed by atoms with E-state index in [2.05, 4.69) is 15.2 Å². The highest BCUT2D eigenvalue weighted by atomic mass is 16.3. The van der Waals surface area contributed by atoms with E-state index in [0.29, 0.717) is 18.8 Å². The Labute approximate surface area is 171 Å². The number of carbonyl (C=O) groups excluding carboxylic acids is 2. The predicted octanol–water partition coefficient (Wildman–Crippen LogP) is 2.07. The van der Waals surface area contributed by atoms with Crippen molar-refractivity contribution in [2.45, 2.75) is 31.4 Å². The van der Waals surface area contributed by atoms with Crippen LogP contribution in [-0.4, -0.2) is 64.5 Å². The first-order valence-corrected chi connectivity index (χ1v) is 9.94. The Kier molecular flexibility index (Phi) is 7.32. The number of pyridine rings is 1. The molecule has 0 saturated carbocycles. The normalized spacial score (nSPS) is 17.7. The Morgan fingerprint density at radius 1 is 1.24 bits per heavy atom. The molecule has 7 nitrogen and oxygen atoms in total. The number of rotatable bonds is 8. The van der Waals surface area contributed by atoms with Crippen molar-refractivity contribution < 1.29 is 14.7 Å². The summed E-state index contributed by atoms with van der Waals surface area (Å²) in [7, 11) is 1.78. The van der Waals surface area contributed by atoms with Gasteiger partial charge in [0.1, 0.15) is 0 Å². The molecule has 2 N–H and O–H groups in total. The maximum Gasteiger partial charge on any atom is 0.224 e. The molecule has 2 aromatic rings. The Hall–Kier alpha value is -2.77. The van der Waals surface area contributed by atoms with Gasteiger partial charge in [-0.1, -0.05) is 30.3 Å². The highest BCUT2D eigenvalue weighted by Gasteiger charge is 2.28. The fourth-order valence-corrected chi connectivity index (χ4v) is 3.58. The number of aliphatic hydroxyl groups is 1. The summed E-state index contributed by atoms with van der Waals surface area (Å²) in [5, 5.41) is 12.6. The second-order valence-corrected chi connectivity index (χ2v) is 7.42. The second-order valence-electron chi connectivity index (χ2n) is 7.42. The van der Waals surface area contributed by atoms with Crippen molar-refractivity contribution in [3.8, 4) is 0 Å². The molecule has 1 aromatic heterocycles. The van der Waals surface area contributed by atoms with Crippen LogP contribution in [0.4, 0.5) is 5.69 Å². The van der Waals surface area contributed by atoms with Gasteiger partial charge in [0.15, 0.2) is 0 Å². The van der Waals surface area contributed by atoms with Crippen molar-refractivity contribution in [1.82, 2.24) is 14.8 Å². The third-order valence-corrected chi connectivity index (χ3v) is 5.24. The van der Waals surface area contributed by atoms with Crippen LogP contribution >= 0.6 is 0 Å². The maximum absolute atomic E-state index is 12.8. The number of benzene rings is 1. The molecule has 3 rings (SSSR count). The van der Waals surface area contributed by atoms with Crippen molar-refractivity contribution in [2.75, 3.05) is 32.0 Å². The number of likely N-dealkylation sites (tertiary alicyclic amines) is 1. The molecule has 1 aliphatic rings. The minimum absolute atomic E-state index is 0.0834. The Bertz CT molecular complexity index is 800. The van der Waals surface area contributed by atoms with E-state index in [-0.39, 0.29) is 36.8 Å². The lowest BCUT2D eigenvalue weighted by molar-refractivity contribution is -0.134. The van der Waals surface area contributed by atoms with Crippen molar-refractivity contribution >= 4 is 17.5 Å². The minimum Gasteiger partial charge on any atom is -0.392 e. The van der Waals surface area contributed by atoms with Gasteiger partial charge in [0.05, 0.1) is 24.0 Å². The highest BCUT2D eigenvalue weighted by Crippen LogP contribution is 2.24. The molecule has 0 aliphatic carbocycles. The van der Waals surface area contributed by atoms with Crippen LogP contribution in [0.25, 0.3) is 0 Å². The van der Waals surface area contributed by atoms with Crippen molar-refractivity contribution in [1.29, 1.82) is 0 Å². The second kappa shape index (κ2) is 10.1. The molecule has 1 aromatic carbocycles. The van der Waals surface area contributed by atoms with E-state index in [1.165, 1.54) is 0 Å². The number of likely N-dealkylation sites (N-methyl/N-ethyl adjacent to an activating group) is 1. The van der Waals surface area contributed by atoms with E-state index in [1.54, 1.807) is 36.5 Å². The van der Waals surface area contributed by atoms with Crippen LogP contribution in [0.5, 0.6) is 0 Å². The summed E-state index contributed by atoms with van der Waals surface area (Å²) >= 11 is 0. The topological polar surface area (TPSA) is 85.8 Å². The number of amides is 2. The van der Waals surface area contributed by atoms with Crippen LogP contribution in [0.2, 0.25) is 0 Å². The molecule has 0 radical (unpaired) electrons. The number of β-amino-alcohol motifs (C(OH)–C–C–N with tert-alkyl or cyclic N) is 1. The Balaban J connectivity index is 1.59. The van der Waals surface area contributed by atoms with Crippen molar-refractivity contribution in [3.63, 3.8) is 0 Å². The molecule has 154 valence electrons. The molecule has 2 atom stereocenters. The summed E-state index contributed by atoms with van der Waals surface area (Å²) in [6.07, 6.45) is 3.91. The number of aliphatic hydroxyl groups excluding tert-OH is 1. The van der Waals surface area contributed by atoms with Gasteiger partial charge in [0.25, 0.3) is 0 Å². The summed E-state index contributed by atoms with van der Waals surface area (Å²) < 4.78 is 0. The zero-order valence-corrected chi connectivity index (χ0v) is 16.7.